The largest absolute Gasteiger partial charge is 0.287 e. The van der Waals surface area contributed by atoms with Crippen molar-refractivity contribution in [3.8, 4) is 6.07 Å². The molecule has 0 amide bonds. The summed E-state index contributed by atoms with van der Waals surface area (Å²) in [5, 5.41) is 18.7. The normalized spacial score (nSPS) is 10.0. The number of nitriles is 1. The van der Waals surface area contributed by atoms with Crippen LogP contribution in [0.25, 0.3) is 6.08 Å². The number of aryl methyl sites for hydroxylation is 1. The fraction of sp³-hybridized carbons (Fsp3) is 0.111. The van der Waals surface area contributed by atoms with Crippen molar-refractivity contribution in [2.24, 2.45) is 0 Å². The van der Waals surface area contributed by atoms with Gasteiger partial charge in [0.25, 0.3) is 5.69 Å². The van der Waals surface area contributed by atoms with Crippen molar-refractivity contribution in [3.05, 3.63) is 39.7 Å². The molecule has 1 heterocycles. The van der Waals surface area contributed by atoms with Crippen LogP contribution in [0.4, 0.5) is 5.69 Å². The summed E-state index contributed by atoms with van der Waals surface area (Å²) < 4.78 is 0. The number of hydrogen-bond acceptors (Lipinski definition) is 4. The lowest BCUT2D eigenvalue weighted by Gasteiger charge is -1.97. The van der Waals surface area contributed by atoms with E-state index in [4.69, 9.17) is 5.26 Å². The Bertz CT molecular complexity index is 432. The topological polar surface area (TPSA) is 79.8 Å². The van der Waals surface area contributed by atoms with Crippen LogP contribution in [0.2, 0.25) is 0 Å². The summed E-state index contributed by atoms with van der Waals surface area (Å²) in [5.74, 6) is 0. The van der Waals surface area contributed by atoms with Crippen LogP contribution in [0.15, 0.2) is 18.3 Å². The molecular formula is C9H7N3O2. The van der Waals surface area contributed by atoms with Gasteiger partial charge < -0.3 is 0 Å². The van der Waals surface area contributed by atoms with Gasteiger partial charge in [0.2, 0.25) is 0 Å². The minimum atomic E-state index is -0.502. The van der Waals surface area contributed by atoms with Crippen LogP contribution < -0.4 is 0 Å². The average molecular weight is 189 g/mol. The van der Waals surface area contributed by atoms with E-state index in [1.807, 2.05) is 6.07 Å². The molecule has 0 spiro atoms. The SMILES string of the molecule is Cc1cc([N+](=O)[O-])cnc1C=CC#N. The first-order chi connectivity index (χ1) is 6.65. The molecule has 0 aliphatic heterocycles. The monoisotopic (exact) mass is 189 g/mol. The second-order valence-corrected chi connectivity index (χ2v) is 2.62. The van der Waals surface area contributed by atoms with E-state index in [0.717, 1.165) is 0 Å². The first-order valence-electron chi connectivity index (χ1n) is 3.82. The van der Waals surface area contributed by atoms with Crippen LogP contribution in [0.3, 0.4) is 0 Å². The zero-order valence-electron chi connectivity index (χ0n) is 7.47. The average Bonchev–Trinajstić information content (AvgIpc) is 2.15. The molecule has 5 heteroatoms. The van der Waals surface area contributed by atoms with Gasteiger partial charge in [0, 0.05) is 12.1 Å². The van der Waals surface area contributed by atoms with Crippen molar-refractivity contribution < 1.29 is 4.92 Å². The molecule has 0 unspecified atom stereocenters. The fourth-order valence-electron chi connectivity index (χ4n) is 0.961. The first kappa shape index (κ1) is 9.86. The molecule has 1 aromatic rings. The van der Waals surface area contributed by atoms with Crippen LogP contribution in [0, 0.1) is 28.4 Å². The lowest BCUT2D eigenvalue weighted by atomic mass is 10.2. The molecule has 70 valence electrons. The molecule has 0 saturated carbocycles. The number of nitro groups is 1. The van der Waals surface area contributed by atoms with Crippen LogP contribution in [-0.4, -0.2) is 9.91 Å². The molecule has 0 aliphatic carbocycles. The van der Waals surface area contributed by atoms with Gasteiger partial charge in [0.1, 0.15) is 6.20 Å². The molecule has 0 N–H and O–H groups in total. The summed E-state index contributed by atoms with van der Waals surface area (Å²) in [6.45, 7) is 1.71. The molecule has 0 atom stereocenters. The van der Waals surface area contributed by atoms with Gasteiger partial charge in [-0.05, 0) is 18.6 Å². The maximum absolute atomic E-state index is 10.4. The highest BCUT2D eigenvalue weighted by Crippen LogP contribution is 2.14. The molecule has 14 heavy (non-hydrogen) atoms. The van der Waals surface area contributed by atoms with Crippen LogP contribution in [-0.2, 0) is 0 Å². The standard InChI is InChI=1S/C9H7N3O2/c1-7-5-8(12(13)14)6-11-9(7)3-2-4-10/h2-3,5-6H,1H3. The third-order valence-corrected chi connectivity index (χ3v) is 1.63. The van der Waals surface area contributed by atoms with Crippen molar-refractivity contribution in [2.45, 2.75) is 6.92 Å². The molecule has 0 bridgehead atoms. The van der Waals surface area contributed by atoms with Gasteiger partial charge in [0.15, 0.2) is 0 Å². The summed E-state index contributed by atoms with van der Waals surface area (Å²) in [6.07, 6.45) is 3.96. The van der Waals surface area contributed by atoms with Crippen molar-refractivity contribution in [2.75, 3.05) is 0 Å². The van der Waals surface area contributed by atoms with Gasteiger partial charge in [-0.25, -0.2) is 4.98 Å². The lowest BCUT2D eigenvalue weighted by molar-refractivity contribution is -0.385. The molecule has 0 aromatic carbocycles. The highest BCUT2D eigenvalue weighted by molar-refractivity contribution is 5.53. The smallest absolute Gasteiger partial charge is 0.258 e. The van der Waals surface area contributed by atoms with E-state index in [2.05, 4.69) is 4.98 Å². The number of rotatable bonds is 2. The van der Waals surface area contributed by atoms with Gasteiger partial charge in [-0.3, -0.25) is 10.1 Å². The van der Waals surface area contributed by atoms with E-state index in [1.54, 1.807) is 6.92 Å². The van der Waals surface area contributed by atoms with Gasteiger partial charge in [-0.2, -0.15) is 5.26 Å². The Morgan fingerprint density at radius 1 is 1.71 bits per heavy atom. The molecule has 0 radical (unpaired) electrons. The van der Waals surface area contributed by atoms with Gasteiger partial charge >= 0.3 is 0 Å². The Morgan fingerprint density at radius 2 is 2.43 bits per heavy atom. The number of nitrogens with zero attached hydrogens (tertiary/aromatic N) is 3. The number of allylic oxidation sites excluding steroid dienone is 1. The maximum atomic E-state index is 10.4. The summed E-state index contributed by atoms with van der Waals surface area (Å²) in [7, 11) is 0. The number of aromatic nitrogens is 1. The summed E-state index contributed by atoms with van der Waals surface area (Å²) >= 11 is 0. The quantitative estimate of drug-likeness (QED) is 0.404. The van der Waals surface area contributed by atoms with Crippen LogP contribution in [0.5, 0.6) is 0 Å². The van der Waals surface area contributed by atoms with E-state index < -0.39 is 4.92 Å². The summed E-state index contributed by atoms with van der Waals surface area (Å²) in [4.78, 5) is 13.7. The molecule has 5 nitrogen and oxygen atoms in total. The van der Waals surface area contributed by atoms with Gasteiger partial charge in [0.05, 0.1) is 16.7 Å². The third-order valence-electron chi connectivity index (χ3n) is 1.63. The maximum Gasteiger partial charge on any atom is 0.287 e. The Hall–Kier alpha value is -2.22. The zero-order valence-corrected chi connectivity index (χ0v) is 7.47. The highest BCUT2D eigenvalue weighted by Gasteiger charge is 2.07. The Balaban J connectivity index is 3.09. The van der Waals surface area contributed by atoms with Gasteiger partial charge in [-0.15, -0.1) is 0 Å². The third kappa shape index (κ3) is 2.14. The van der Waals surface area contributed by atoms with Crippen molar-refractivity contribution >= 4 is 11.8 Å². The molecular weight excluding hydrogens is 182 g/mol. The lowest BCUT2D eigenvalue weighted by Crippen LogP contribution is -1.92. The summed E-state index contributed by atoms with van der Waals surface area (Å²) in [5.41, 5.74) is 1.19. The molecule has 0 fully saturated rings. The molecule has 1 aromatic heterocycles. The minimum Gasteiger partial charge on any atom is -0.258 e. The fourth-order valence-corrected chi connectivity index (χ4v) is 0.961. The second kappa shape index (κ2) is 4.14. The van der Waals surface area contributed by atoms with E-state index in [1.165, 1.54) is 24.4 Å². The van der Waals surface area contributed by atoms with Crippen molar-refractivity contribution in [1.29, 1.82) is 5.26 Å². The predicted octanol–water partition coefficient (Wildman–Crippen LogP) is 1.83. The number of pyridine rings is 1. The van der Waals surface area contributed by atoms with Crippen LogP contribution >= 0.6 is 0 Å². The Labute approximate surface area is 80.5 Å². The van der Waals surface area contributed by atoms with Crippen molar-refractivity contribution in [3.63, 3.8) is 0 Å². The second-order valence-electron chi connectivity index (χ2n) is 2.62. The van der Waals surface area contributed by atoms with E-state index in [-0.39, 0.29) is 5.69 Å². The predicted molar refractivity (Wildman–Crippen MR) is 50.3 cm³/mol. The molecule has 0 saturated heterocycles. The molecule has 1 rings (SSSR count). The zero-order chi connectivity index (χ0) is 10.6. The highest BCUT2D eigenvalue weighted by atomic mass is 16.6. The minimum absolute atomic E-state index is 0.0448. The Kier molecular flexibility index (Phi) is 2.92. The Morgan fingerprint density at radius 3 is 2.93 bits per heavy atom. The van der Waals surface area contributed by atoms with E-state index in [0.29, 0.717) is 11.3 Å². The number of hydrogen-bond donors (Lipinski definition) is 0. The first-order valence-corrected chi connectivity index (χ1v) is 3.82. The van der Waals surface area contributed by atoms with Crippen LogP contribution in [0.1, 0.15) is 11.3 Å². The van der Waals surface area contributed by atoms with E-state index in [9.17, 15) is 10.1 Å². The molecule has 0 aliphatic rings. The van der Waals surface area contributed by atoms with E-state index >= 15 is 0 Å². The summed E-state index contributed by atoms with van der Waals surface area (Å²) in [6, 6.07) is 3.25. The van der Waals surface area contributed by atoms with Gasteiger partial charge in [-0.1, -0.05) is 0 Å². The van der Waals surface area contributed by atoms with Crippen molar-refractivity contribution in [1.82, 2.24) is 4.98 Å².